The minimum absolute atomic E-state index is 0.143. The molecule has 0 saturated carbocycles. The Labute approximate surface area is 152 Å². The molecule has 6 nitrogen and oxygen atoms in total. The number of carbonyl (C=O) groups is 2. The summed E-state index contributed by atoms with van der Waals surface area (Å²) in [4.78, 5) is 41.9. The van der Waals surface area contributed by atoms with Gasteiger partial charge in [-0.1, -0.05) is 12.1 Å². The Kier molecular flexibility index (Phi) is 5.19. The average molecular weight is 365 g/mol. The minimum atomic E-state index is -0.255. The number of carbonyl (C=O) groups excluding carboxylic acids is 2. The largest absolute Gasteiger partial charge is 0.326 e. The first-order valence-corrected chi connectivity index (χ1v) is 8.57. The van der Waals surface area contributed by atoms with Crippen molar-refractivity contribution in [2.45, 2.75) is 6.92 Å². The summed E-state index contributed by atoms with van der Waals surface area (Å²) in [6, 6.07) is 10.4. The van der Waals surface area contributed by atoms with Crippen LogP contribution in [0, 0.1) is 0 Å². The van der Waals surface area contributed by atoms with E-state index in [1.54, 1.807) is 54.9 Å². The molecule has 0 unspecified atom stereocenters. The van der Waals surface area contributed by atoms with Gasteiger partial charge in [-0.2, -0.15) is 0 Å². The van der Waals surface area contributed by atoms with Gasteiger partial charge in [0.05, 0.1) is 9.20 Å². The predicted octanol–water partition coefficient (Wildman–Crippen LogP) is 1.28. The zero-order chi connectivity index (χ0) is 18.5. The lowest BCUT2D eigenvalue weighted by molar-refractivity contribution is -0.114. The van der Waals surface area contributed by atoms with Crippen molar-refractivity contribution in [3.05, 3.63) is 79.5 Å². The van der Waals surface area contributed by atoms with Crippen LogP contribution in [0.1, 0.15) is 22.8 Å². The highest BCUT2D eigenvalue weighted by Gasteiger charge is 2.03. The number of nitrogens with zero attached hydrogens (tertiary/aromatic N) is 1. The maximum Gasteiger partial charge on any atom is 0.266 e. The lowest BCUT2D eigenvalue weighted by Gasteiger charge is -2.01. The number of ketones is 1. The van der Waals surface area contributed by atoms with Crippen LogP contribution in [-0.4, -0.2) is 21.7 Å². The number of hydrogen-bond acceptors (Lipinski definition) is 5. The fourth-order valence-corrected chi connectivity index (χ4v) is 3.15. The first-order chi connectivity index (χ1) is 12.5. The molecule has 26 heavy (non-hydrogen) atoms. The number of nitrogens with one attached hydrogen (secondary N) is 2. The molecule has 3 aromatic rings. The molecule has 0 radical (unpaired) electrons. The topological polar surface area (TPSA) is 91.9 Å². The Bertz CT molecular complexity index is 1110. The Morgan fingerprint density at radius 3 is 2.46 bits per heavy atom. The molecule has 0 aliphatic heterocycles. The standard InChI is InChI=1S/C19H15N3O3S/c1-12(23)21-15-4-2-13(3-5-15)10-17-19(25)22-18(26-17)11-16(24)14-6-8-20-9-7-14/h2-11H,1H3,(H,21,23)(H,22,25)/b17-10-,18-11-. The van der Waals surface area contributed by atoms with Gasteiger partial charge in [0.25, 0.3) is 5.56 Å². The van der Waals surface area contributed by atoms with Gasteiger partial charge in [0, 0.05) is 36.6 Å². The van der Waals surface area contributed by atoms with Crippen molar-refractivity contribution in [1.29, 1.82) is 0 Å². The summed E-state index contributed by atoms with van der Waals surface area (Å²) in [6.45, 7) is 1.44. The maximum atomic E-state index is 12.2. The van der Waals surface area contributed by atoms with Gasteiger partial charge in [0.2, 0.25) is 5.91 Å². The summed E-state index contributed by atoms with van der Waals surface area (Å²) < 4.78 is 0.976. The summed E-state index contributed by atoms with van der Waals surface area (Å²) in [7, 11) is 0. The monoisotopic (exact) mass is 365 g/mol. The molecule has 2 N–H and O–H groups in total. The quantitative estimate of drug-likeness (QED) is 0.682. The number of amides is 1. The Hall–Kier alpha value is -3.32. The zero-order valence-electron chi connectivity index (χ0n) is 13.9. The van der Waals surface area contributed by atoms with E-state index in [1.807, 2.05) is 0 Å². The van der Waals surface area contributed by atoms with E-state index in [0.717, 1.165) is 5.56 Å². The fourth-order valence-electron chi connectivity index (χ4n) is 2.26. The third-order valence-electron chi connectivity index (χ3n) is 3.44. The van der Waals surface area contributed by atoms with Gasteiger partial charge in [0.15, 0.2) is 5.78 Å². The SMILES string of the molecule is CC(=O)Nc1ccc(/C=c2\s/c(=C\C(=O)c3ccncc3)[nH]c2=O)cc1. The van der Waals surface area contributed by atoms with Crippen molar-refractivity contribution in [3.8, 4) is 0 Å². The van der Waals surface area contributed by atoms with Crippen LogP contribution in [0.3, 0.4) is 0 Å². The van der Waals surface area contributed by atoms with Crippen molar-refractivity contribution >= 4 is 40.9 Å². The van der Waals surface area contributed by atoms with Gasteiger partial charge in [0.1, 0.15) is 0 Å². The number of rotatable bonds is 4. The van der Waals surface area contributed by atoms with Crippen LogP contribution in [0.2, 0.25) is 0 Å². The van der Waals surface area contributed by atoms with E-state index in [1.165, 1.54) is 24.3 Å². The highest BCUT2D eigenvalue weighted by Crippen LogP contribution is 2.09. The van der Waals surface area contributed by atoms with Crippen LogP contribution in [0.15, 0.2) is 53.6 Å². The molecular formula is C19H15N3O3S. The lowest BCUT2D eigenvalue weighted by Crippen LogP contribution is -2.20. The smallest absolute Gasteiger partial charge is 0.266 e. The number of aromatic amines is 1. The molecule has 0 aliphatic carbocycles. The van der Waals surface area contributed by atoms with Gasteiger partial charge >= 0.3 is 0 Å². The second-order valence-corrected chi connectivity index (χ2v) is 6.56. The predicted molar refractivity (Wildman–Crippen MR) is 102 cm³/mol. The molecule has 0 spiro atoms. The first kappa shape index (κ1) is 17.5. The summed E-state index contributed by atoms with van der Waals surface area (Å²) in [5, 5.41) is 2.68. The molecule has 130 valence electrons. The average Bonchev–Trinajstić information content (AvgIpc) is 2.96. The van der Waals surface area contributed by atoms with E-state index in [2.05, 4.69) is 15.3 Å². The third kappa shape index (κ3) is 4.40. The number of benzene rings is 1. The number of pyridine rings is 1. The van der Waals surface area contributed by atoms with Crippen LogP contribution in [0.4, 0.5) is 5.69 Å². The van der Waals surface area contributed by atoms with Crippen LogP contribution in [0.25, 0.3) is 12.2 Å². The molecule has 0 atom stereocenters. The summed E-state index contributed by atoms with van der Waals surface area (Å²) in [5.74, 6) is -0.341. The van der Waals surface area contributed by atoms with Crippen molar-refractivity contribution in [1.82, 2.24) is 9.97 Å². The van der Waals surface area contributed by atoms with Crippen molar-refractivity contribution in [2.75, 3.05) is 5.32 Å². The third-order valence-corrected chi connectivity index (χ3v) is 4.40. The van der Waals surface area contributed by atoms with Gasteiger partial charge in [-0.15, -0.1) is 11.3 Å². The number of anilines is 1. The van der Waals surface area contributed by atoms with Crippen molar-refractivity contribution in [3.63, 3.8) is 0 Å². The minimum Gasteiger partial charge on any atom is -0.326 e. The summed E-state index contributed by atoms with van der Waals surface area (Å²) in [5.41, 5.74) is 1.76. The number of hydrogen-bond donors (Lipinski definition) is 2. The molecule has 7 heteroatoms. The summed E-state index contributed by atoms with van der Waals surface area (Å²) in [6.07, 6.45) is 6.22. The van der Waals surface area contributed by atoms with Crippen LogP contribution < -0.4 is 20.1 Å². The highest BCUT2D eigenvalue weighted by atomic mass is 32.1. The maximum absolute atomic E-state index is 12.2. The molecule has 0 saturated heterocycles. The van der Waals surface area contributed by atoms with Crippen LogP contribution in [0.5, 0.6) is 0 Å². The van der Waals surface area contributed by atoms with E-state index < -0.39 is 0 Å². The van der Waals surface area contributed by atoms with E-state index in [-0.39, 0.29) is 17.2 Å². The van der Waals surface area contributed by atoms with E-state index in [0.29, 0.717) is 20.4 Å². The van der Waals surface area contributed by atoms with Crippen molar-refractivity contribution < 1.29 is 9.59 Å². The molecule has 1 aromatic carbocycles. The van der Waals surface area contributed by atoms with Gasteiger partial charge < -0.3 is 10.3 Å². The molecule has 2 heterocycles. The van der Waals surface area contributed by atoms with Gasteiger partial charge in [-0.3, -0.25) is 19.4 Å². The molecular weight excluding hydrogens is 350 g/mol. The van der Waals surface area contributed by atoms with Crippen molar-refractivity contribution in [2.24, 2.45) is 0 Å². The Morgan fingerprint density at radius 1 is 1.12 bits per heavy atom. The normalized spacial score (nSPS) is 12.2. The van der Waals surface area contributed by atoms with Gasteiger partial charge in [-0.25, -0.2) is 0 Å². The second kappa shape index (κ2) is 7.71. The number of H-pyrrole nitrogens is 1. The second-order valence-electron chi connectivity index (χ2n) is 5.48. The number of Topliss-reactive ketones (excluding diaryl/α,β-unsaturated/α-hetero) is 1. The Morgan fingerprint density at radius 2 is 1.81 bits per heavy atom. The highest BCUT2D eigenvalue weighted by molar-refractivity contribution is 7.07. The van der Waals surface area contributed by atoms with Gasteiger partial charge in [-0.05, 0) is 35.9 Å². The molecule has 0 bridgehead atoms. The molecule has 2 aromatic heterocycles. The molecule has 0 fully saturated rings. The van der Waals surface area contributed by atoms with Crippen LogP contribution in [-0.2, 0) is 4.79 Å². The molecule has 0 aliphatic rings. The first-order valence-electron chi connectivity index (χ1n) is 7.76. The summed E-state index contributed by atoms with van der Waals surface area (Å²) >= 11 is 1.21. The number of thiazole rings is 1. The van der Waals surface area contributed by atoms with E-state index in [9.17, 15) is 14.4 Å². The van der Waals surface area contributed by atoms with E-state index >= 15 is 0 Å². The fraction of sp³-hybridized carbons (Fsp3) is 0.0526. The van der Waals surface area contributed by atoms with Crippen LogP contribution >= 0.6 is 11.3 Å². The number of aromatic nitrogens is 2. The molecule has 3 rings (SSSR count). The zero-order valence-corrected chi connectivity index (χ0v) is 14.7. The molecule has 1 amide bonds. The van der Waals surface area contributed by atoms with E-state index in [4.69, 9.17) is 0 Å². The Balaban J connectivity index is 1.89. The lowest BCUT2D eigenvalue weighted by atomic mass is 10.2.